The summed E-state index contributed by atoms with van der Waals surface area (Å²) in [5, 5.41) is 36.8. The third-order valence-electron chi connectivity index (χ3n) is 3.74. The van der Waals surface area contributed by atoms with Gasteiger partial charge in [-0.2, -0.15) is 4.99 Å². The van der Waals surface area contributed by atoms with Crippen LogP contribution >= 0.6 is 0 Å². The molecule has 1 saturated heterocycles. The Bertz CT molecular complexity index is 705. The third kappa shape index (κ3) is 2.31. The molecule has 4 heterocycles. The molecule has 0 bridgehead atoms. The molecule has 0 aromatic carbocycles. The normalized spacial score (nSPS) is 34.5. The third-order valence-corrected chi connectivity index (χ3v) is 3.74. The van der Waals surface area contributed by atoms with Crippen molar-refractivity contribution in [3.05, 3.63) is 12.0 Å². The lowest BCUT2D eigenvalue weighted by molar-refractivity contribution is -0.902. The first-order valence-corrected chi connectivity index (χ1v) is 6.56. The molecule has 5 N–H and O–H groups in total. The van der Waals surface area contributed by atoms with E-state index in [2.05, 4.69) is 15.0 Å². The highest BCUT2D eigenvalue weighted by Gasteiger charge is 2.46. The molecule has 124 valence electrons. The molecule has 5 atom stereocenters. The zero-order valence-electron chi connectivity index (χ0n) is 11.5. The van der Waals surface area contributed by atoms with Crippen LogP contribution in [0.15, 0.2) is 16.3 Å². The predicted molar refractivity (Wildman–Crippen MR) is 69.7 cm³/mol. The molecule has 3 aliphatic rings. The molecule has 11 nitrogen and oxygen atoms in total. The number of nitrogens with one attached hydrogen (secondary N) is 2. The second-order valence-electron chi connectivity index (χ2n) is 5.04. The maximum absolute atomic E-state index is 10.1. The van der Waals surface area contributed by atoms with Gasteiger partial charge in [0.25, 0.3) is 0 Å². The number of aliphatic imine (C=N–C) groups is 2. The van der Waals surface area contributed by atoms with E-state index in [0.29, 0.717) is 22.4 Å². The zero-order valence-corrected chi connectivity index (χ0v) is 13.1. The highest BCUT2D eigenvalue weighted by molar-refractivity contribution is 6.06. The summed E-state index contributed by atoms with van der Waals surface area (Å²) < 4.78 is 6.91. The van der Waals surface area contributed by atoms with E-state index in [1.165, 1.54) is 17.2 Å². The Morgan fingerprint density at radius 3 is 2.83 bits per heavy atom. The summed E-state index contributed by atoms with van der Waals surface area (Å²) in [5.74, 6) is 0.760. The number of ether oxygens (including phenoxy) is 1. The molecule has 0 saturated carbocycles. The summed E-state index contributed by atoms with van der Waals surface area (Å²) in [4.78, 5) is 17.4. The van der Waals surface area contributed by atoms with Gasteiger partial charge < -0.3 is 37.0 Å². The van der Waals surface area contributed by atoms with Crippen LogP contribution in [0.3, 0.4) is 0 Å². The van der Waals surface area contributed by atoms with Gasteiger partial charge in [-0.3, -0.25) is 9.40 Å². The molecule has 0 amide bonds. The number of quaternary nitrogens is 1. The number of hydrogen-bond acceptors (Lipinski definition) is 8. The van der Waals surface area contributed by atoms with Crippen molar-refractivity contribution in [2.24, 2.45) is 9.98 Å². The fraction of sp³-hybridized carbons (Fsp3) is 0.455. The summed E-state index contributed by atoms with van der Waals surface area (Å²) in [6.07, 6.45) is -1.44. The Morgan fingerprint density at radius 1 is 1.35 bits per heavy atom. The Labute approximate surface area is 139 Å². The highest BCUT2D eigenvalue weighted by Crippen LogP contribution is 2.34. The van der Waals surface area contributed by atoms with Crippen LogP contribution in [0.5, 0.6) is 0 Å². The molecule has 0 aliphatic carbocycles. The molecule has 12 heteroatoms. The molecule has 4 rings (SSSR count). The lowest BCUT2D eigenvalue weighted by atomic mass is 10.1. The lowest BCUT2D eigenvalue weighted by Crippen LogP contribution is -3.12. The maximum Gasteiger partial charge on any atom is 0.378 e. The van der Waals surface area contributed by atoms with Crippen molar-refractivity contribution in [3.63, 3.8) is 0 Å². The van der Waals surface area contributed by atoms with Crippen molar-refractivity contribution in [2.45, 2.75) is 24.5 Å². The molecule has 23 heavy (non-hydrogen) atoms. The van der Waals surface area contributed by atoms with Crippen LogP contribution in [0.4, 0.5) is 5.82 Å². The van der Waals surface area contributed by atoms with Gasteiger partial charge in [0.15, 0.2) is 17.7 Å². The van der Waals surface area contributed by atoms with E-state index < -0.39 is 31.1 Å². The van der Waals surface area contributed by atoms with E-state index in [1.54, 1.807) is 0 Å². The number of imidazole rings is 1. The van der Waals surface area contributed by atoms with Crippen molar-refractivity contribution in [2.75, 3.05) is 6.61 Å². The Hall–Kier alpha value is -1.70. The van der Waals surface area contributed by atoms with Crippen LogP contribution in [0, 0.1) is 5.41 Å². The minimum Gasteiger partial charge on any atom is -1.00 e. The first kappa shape index (κ1) is 16.2. The zero-order chi connectivity index (χ0) is 15.4. The second-order valence-corrected chi connectivity index (χ2v) is 5.04. The molecule has 1 aromatic heterocycles. The van der Waals surface area contributed by atoms with Crippen LogP contribution in [-0.2, 0) is 9.57 Å². The van der Waals surface area contributed by atoms with Gasteiger partial charge in [-0.15, -0.1) is 4.99 Å². The molecule has 0 radical (unpaired) electrons. The Balaban J connectivity index is 0.00000156. The minimum absolute atomic E-state index is 0. The first-order valence-electron chi connectivity index (χ1n) is 6.56. The molecular weight excluding hydrogens is 377 g/mol. The van der Waals surface area contributed by atoms with Crippen LogP contribution in [0.1, 0.15) is 11.9 Å². The SMILES string of the molecule is [15NH]=C1N=C2c3ncn([C@@H]4O[C@H](CO)[C@@H](O)[C@H]4O)c3N=C[NH+]2O1.[Br-]. The smallest absolute Gasteiger partial charge is 0.378 e. The minimum atomic E-state index is -1.23. The number of fused-ring (bicyclic) bond motifs is 3. The van der Waals surface area contributed by atoms with Gasteiger partial charge in [0, 0.05) is 0 Å². The van der Waals surface area contributed by atoms with Gasteiger partial charge in [0.05, 0.1) is 12.9 Å². The predicted octanol–water partition coefficient (Wildman–Crippen LogP) is -6.32. The fourth-order valence-electron chi connectivity index (χ4n) is 2.65. The highest BCUT2D eigenvalue weighted by atomic mass is 79.9. The van der Waals surface area contributed by atoms with Crippen LogP contribution < -0.4 is 22.0 Å². The number of aromatic nitrogens is 2. The van der Waals surface area contributed by atoms with Crippen molar-refractivity contribution in [1.29, 1.82) is 5.41 Å². The molecule has 3 aliphatic heterocycles. The molecule has 1 fully saturated rings. The Morgan fingerprint density at radius 2 is 2.13 bits per heavy atom. The number of aliphatic hydroxyl groups is 3. The number of hydroxylamine groups is 2. The van der Waals surface area contributed by atoms with E-state index >= 15 is 0 Å². The number of hydrogen-bond donors (Lipinski definition) is 5. The van der Waals surface area contributed by atoms with E-state index in [9.17, 15) is 10.2 Å². The summed E-state index contributed by atoms with van der Waals surface area (Å²) in [6, 6.07) is -0.244. The van der Waals surface area contributed by atoms with Crippen molar-refractivity contribution in [1.82, 2.24) is 9.55 Å². The number of aliphatic hydroxyl groups excluding tert-OH is 3. The summed E-state index contributed by atoms with van der Waals surface area (Å²) >= 11 is 0. The summed E-state index contributed by atoms with van der Waals surface area (Å²) in [7, 11) is 0. The van der Waals surface area contributed by atoms with E-state index in [4.69, 9.17) is 20.1 Å². The van der Waals surface area contributed by atoms with Gasteiger partial charge in [0.2, 0.25) is 6.34 Å². The van der Waals surface area contributed by atoms with Crippen molar-refractivity contribution < 1.29 is 46.9 Å². The largest absolute Gasteiger partial charge is 1.00 e. The van der Waals surface area contributed by atoms with Crippen LogP contribution in [-0.4, -0.2) is 68.0 Å². The van der Waals surface area contributed by atoms with Crippen molar-refractivity contribution >= 4 is 24.0 Å². The number of halogens is 1. The van der Waals surface area contributed by atoms with Gasteiger partial charge in [-0.25, -0.2) is 10.4 Å². The van der Waals surface area contributed by atoms with Crippen molar-refractivity contribution in [3.8, 4) is 0 Å². The Kier molecular flexibility index (Phi) is 4.03. The van der Waals surface area contributed by atoms with E-state index in [1.807, 2.05) is 0 Å². The van der Waals surface area contributed by atoms with E-state index in [-0.39, 0.29) is 23.0 Å². The van der Waals surface area contributed by atoms with E-state index in [0.717, 1.165) is 0 Å². The average molecular weight is 390 g/mol. The first-order chi connectivity index (χ1) is 10.6. The number of rotatable bonds is 2. The second kappa shape index (κ2) is 5.74. The van der Waals surface area contributed by atoms with Crippen LogP contribution in [0.2, 0.25) is 0 Å². The lowest BCUT2D eigenvalue weighted by Gasteiger charge is -2.18. The molecule has 0 spiro atoms. The standard InChI is InChI=1S/C11H12N6O5.BrH/c12-11-15-9-5-8(14-3-17(9)22-11)16(2-13-5)10-7(20)6(19)4(1-18)21-10;/h2-4,6-7,10,12,18-20H,1H2;1H/t4-,6-,7-,10-;/m1./s1/i12+1;. The molecule has 1 unspecified atom stereocenters. The van der Waals surface area contributed by atoms with Crippen LogP contribution in [0.25, 0.3) is 0 Å². The topological polar surface area (TPSA) is 150 Å². The maximum atomic E-state index is 10.1. The summed E-state index contributed by atoms with van der Waals surface area (Å²) in [5.41, 5.74) is 0.400. The number of nitrogens with zero attached hydrogens (tertiary/aromatic N) is 4. The quantitative estimate of drug-likeness (QED) is 0.317. The van der Waals surface area contributed by atoms with Gasteiger partial charge in [-0.05, 0) is 0 Å². The molecule has 1 aromatic rings. The van der Waals surface area contributed by atoms with Gasteiger partial charge in [-0.1, -0.05) is 5.06 Å². The summed E-state index contributed by atoms with van der Waals surface area (Å²) in [6.45, 7) is -0.412. The molecular formula is C11H13BrN6O5. The van der Waals surface area contributed by atoms with Gasteiger partial charge >= 0.3 is 11.9 Å². The monoisotopic (exact) mass is 389 g/mol. The number of amidine groups is 2. The average Bonchev–Trinajstić information content (AvgIpc) is 3.15. The van der Waals surface area contributed by atoms with Gasteiger partial charge in [0.1, 0.15) is 18.3 Å². The fourth-order valence-corrected chi connectivity index (χ4v) is 2.65.